The van der Waals surface area contributed by atoms with Gasteiger partial charge in [-0.05, 0) is 0 Å². The summed E-state index contributed by atoms with van der Waals surface area (Å²) in [5, 5.41) is 7.27. The van der Waals surface area contributed by atoms with Crippen LogP contribution in [0.3, 0.4) is 0 Å². The van der Waals surface area contributed by atoms with Crippen molar-refractivity contribution >= 4 is 35.1 Å². The summed E-state index contributed by atoms with van der Waals surface area (Å²) in [7, 11) is 1.89. The number of hydrogen-bond acceptors (Lipinski definition) is 4. The van der Waals surface area contributed by atoms with Gasteiger partial charge in [-0.1, -0.05) is 0 Å². The van der Waals surface area contributed by atoms with Gasteiger partial charge in [0.25, 0.3) is 0 Å². The molecule has 2 rings (SSSR count). The Morgan fingerprint density at radius 3 is 2.65 bits per heavy atom. The zero-order valence-electron chi connectivity index (χ0n) is 10.5. The van der Waals surface area contributed by atoms with E-state index in [0.29, 0.717) is 5.95 Å². The number of nitrogens with one attached hydrogen (secondary N) is 1. The molecule has 0 unspecified atom stereocenters. The topological polar surface area (TPSA) is 55.6 Å². The summed E-state index contributed by atoms with van der Waals surface area (Å²) in [5.41, 5.74) is 2.13. The molecule has 0 amide bonds. The van der Waals surface area contributed by atoms with Gasteiger partial charge in [0.1, 0.15) is 0 Å². The molecule has 2 aromatic heterocycles. The molecule has 0 saturated carbocycles. The van der Waals surface area contributed by atoms with Crippen LogP contribution < -0.4 is 9.03 Å². The van der Waals surface area contributed by atoms with E-state index in [2.05, 4.69) is 37.2 Å². The van der Waals surface area contributed by atoms with Crippen molar-refractivity contribution in [3.8, 4) is 0 Å². The Hall–Kier alpha value is -1.11. The maximum absolute atomic E-state index is 4.60. The van der Waals surface area contributed by atoms with E-state index in [1.807, 2.05) is 19.4 Å². The molecule has 0 atom stereocenters. The molecule has 0 fully saturated rings. The van der Waals surface area contributed by atoms with Crippen LogP contribution in [-0.2, 0) is 7.05 Å². The third-order valence-electron chi connectivity index (χ3n) is 2.41. The van der Waals surface area contributed by atoms with E-state index in [0.717, 1.165) is 5.69 Å². The summed E-state index contributed by atoms with van der Waals surface area (Å²) in [5.74, 6) is 0.667. The Morgan fingerprint density at radius 1 is 1.29 bits per heavy atom. The normalized spacial score (nSPS) is 10.9. The fraction of sp³-hybridized carbons (Fsp3) is 0.364. The van der Waals surface area contributed by atoms with Crippen molar-refractivity contribution < 1.29 is 0 Å². The minimum atomic E-state index is -1.45. The molecule has 5 nitrogen and oxygen atoms in total. The summed E-state index contributed by atoms with van der Waals surface area (Å²) >= 11 is -1.45. The third kappa shape index (κ3) is 2.96. The summed E-state index contributed by atoms with van der Waals surface area (Å²) in [6.45, 7) is 2.08. The Bertz CT molecular complexity index is 520. The van der Waals surface area contributed by atoms with Gasteiger partial charge in [0.15, 0.2) is 0 Å². The zero-order valence-corrected chi connectivity index (χ0v) is 13.4. The van der Waals surface area contributed by atoms with Crippen molar-refractivity contribution in [3.63, 3.8) is 0 Å². The number of rotatable bonds is 3. The Labute approximate surface area is 108 Å². The Balaban J connectivity index is 2.25. The van der Waals surface area contributed by atoms with E-state index >= 15 is 0 Å². The van der Waals surface area contributed by atoms with Crippen LogP contribution in [0, 0.1) is 6.92 Å². The van der Waals surface area contributed by atoms with Gasteiger partial charge in [0.05, 0.1) is 0 Å². The monoisotopic (exact) mass is 338 g/mol. The van der Waals surface area contributed by atoms with Crippen LogP contribution in [0.1, 0.15) is 5.56 Å². The van der Waals surface area contributed by atoms with Crippen molar-refractivity contribution in [1.82, 2.24) is 19.7 Å². The van der Waals surface area contributed by atoms with Gasteiger partial charge < -0.3 is 0 Å². The van der Waals surface area contributed by atoms with Crippen molar-refractivity contribution in [2.75, 3.05) is 5.32 Å². The number of hydrogen-bond donors (Lipinski definition) is 1. The van der Waals surface area contributed by atoms with Gasteiger partial charge >= 0.3 is 108 Å². The first-order chi connectivity index (χ1) is 8.06. The minimum absolute atomic E-state index is 0.667. The number of anilines is 2. The van der Waals surface area contributed by atoms with Crippen molar-refractivity contribution in [1.29, 1.82) is 0 Å². The first-order valence-corrected chi connectivity index (χ1v) is 12.6. The average Bonchev–Trinajstić information content (AvgIpc) is 2.66. The van der Waals surface area contributed by atoms with Crippen LogP contribution in [0.15, 0.2) is 18.6 Å². The van der Waals surface area contributed by atoms with Crippen LogP contribution >= 0.6 is 0 Å². The van der Waals surface area contributed by atoms with Crippen LogP contribution in [0.5, 0.6) is 0 Å². The fourth-order valence-electron chi connectivity index (χ4n) is 1.62. The summed E-state index contributed by atoms with van der Waals surface area (Å²) in [6.07, 6.45) is 5.56. The summed E-state index contributed by atoms with van der Waals surface area (Å²) in [6, 6.07) is 0. The molecular formula is C11H16N5Sn. The van der Waals surface area contributed by atoms with Gasteiger partial charge in [-0.15, -0.1) is 0 Å². The number of aryl methyl sites for hydroxylation is 2. The maximum atomic E-state index is 4.60. The number of nitrogens with zero attached hydrogens (tertiary/aromatic N) is 4. The van der Waals surface area contributed by atoms with Crippen molar-refractivity contribution in [2.45, 2.75) is 16.8 Å². The molecule has 0 aliphatic rings. The van der Waals surface area contributed by atoms with E-state index in [1.165, 1.54) is 9.27 Å². The molecule has 17 heavy (non-hydrogen) atoms. The first-order valence-electron chi connectivity index (χ1n) is 5.46. The molecule has 1 radical (unpaired) electrons. The Morgan fingerprint density at radius 2 is 2.06 bits per heavy atom. The van der Waals surface area contributed by atoms with Crippen molar-refractivity contribution in [2.24, 2.45) is 7.05 Å². The molecule has 2 aromatic rings. The second-order valence-corrected chi connectivity index (χ2v) is 11.3. The van der Waals surface area contributed by atoms with Gasteiger partial charge in [0.2, 0.25) is 0 Å². The predicted molar refractivity (Wildman–Crippen MR) is 70.4 cm³/mol. The van der Waals surface area contributed by atoms with Crippen LogP contribution in [0.4, 0.5) is 11.6 Å². The second-order valence-electron chi connectivity index (χ2n) is 4.25. The van der Waals surface area contributed by atoms with Crippen LogP contribution in [-0.4, -0.2) is 39.5 Å². The molecule has 0 saturated heterocycles. The SMILES string of the molecule is Cc1cnc(Nc2cnn(C)c2)n[c]1[Sn]([CH3])[CH3]. The Kier molecular flexibility index (Phi) is 3.66. The average molecular weight is 337 g/mol. The van der Waals surface area contributed by atoms with Gasteiger partial charge in [-0.25, -0.2) is 0 Å². The summed E-state index contributed by atoms with van der Waals surface area (Å²) < 4.78 is 3.02. The quantitative estimate of drug-likeness (QED) is 0.856. The molecule has 0 spiro atoms. The number of aromatic nitrogens is 4. The molecule has 2 heterocycles. The van der Waals surface area contributed by atoms with E-state index in [4.69, 9.17) is 0 Å². The first kappa shape index (κ1) is 12.3. The molecule has 0 aliphatic carbocycles. The second kappa shape index (κ2) is 5.03. The predicted octanol–water partition coefficient (Wildman–Crippen LogP) is 1.22. The molecule has 0 aromatic carbocycles. The molecule has 0 bridgehead atoms. The van der Waals surface area contributed by atoms with E-state index < -0.39 is 19.8 Å². The fourth-order valence-corrected chi connectivity index (χ4v) is 5.00. The van der Waals surface area contributed by atoms with Crippen molar-refractivity contribution in [3.05, 3.63) is 24.2 Å². The summed E-state index contributed by atoms with van der Waals surface area (Å²) in [4.78, 5) is 13.6. The van der Waals surface area contributed by atoms with Gasteiger partial charge in [0, 0.05) is 0 Å². The standard InChI is InChI=1S/C9H10N5.2CH3.Sn/c1-7-3-10-9(11-4-7)13-8-5-12-14(2)6-8;;;/h3,5-6H,1-2H3,(H,10,11,13);2*1H3;. The third-order valence-corrected chi connectivity index (χ3v) is 6.55. The molecule has 0 aliphatic heterocycles. The van der Waals surface area contributed by atoms with Gasteiger partial charge in [-0.2, -0.15) is 0 Å². The molecule has 6 heteroatoms. The molecule has 1 N–H and O–H groups in total. The van der Waals surface area contributed by atoms with Crippen LogP contribution in [0.2, 0.25) is 9.88 Å². The van der Waals surface area contributed by atoms with E-state index in [9.17, 15) is 0 Å². The van der Waals surface area contributed by atoms with E-state index in [-0.39, 0.29) is 0 Å². The zero-order chi connectivity index (χ0) is 12.4. The van der Waals surface area contributed by atoms with Gasteiger partial charge in [-0.3, -0.25) is 0 Å². The molecule has 89 valence electrons. The van der Waals surface area contributed by atoms with Crippen LogP contribution in [0.25, 0.3) is 0 Å². The van der Waals surface area contributed by atoms with E-state index in [1.54, 1.807) is 10.9 Å². The molecular weight excluding hydrogens is 321 g/mol.